The summed E-state index contributed by atoms with van der Waals surface area (Å²) in [6.45, 7) is 2.86. The van der Waals surface area contributed by atoms with Crippen LogP contribution in [0.1, 0.15) is 24.8 Å². The second-order valence-corrected chi connectivity index (χ2v) is 4.74. The minimum absolute atomic E-state index is 0.0568. The summed E-state index contributed by atoms with van der Waals surface area (Å²) >= 11 is 3.43. The van der Waals surface area contributed by atoms with Crippen LogP contribution in [-0.2, 0) is 4.74 Å². The summed E-state index contributed by atoms with van der Waals surface area (Å²) in [6, 6.07) is 6.03. The van der Waals surface area contributed by atoms with Crippen molar-refractivity contribution in [1.82, 2.24) is 0 Å². The number of halogens is 1. The third kappa shape index (κ3) is 2.95. The van der Waals surface area contributed by atoms with Crippen LogP contribution in [0.2, 0.25) is 0 Å². The van der Waals surface area contributed by atoms with Crippen molar-refractivity contribution in [3.8, 4) is 5.75 Å². The van der Waals surface area contributed by atoms with Crippen LogP contribution in [0.5, 0.6) is 5.75 Å². The fourth-order valence-electron chi connectivity index (χ4n) is 1.69. The van der Waals surface area contributed by atoms with Crippen LogP contribution < -0.4 is 4.74 Å². The second kappa shape index (κ2) is 4.99. The summed E-state index contributed by atoms with van der Waals surface area (Å²) in [5.74, 6) is 0.921. The van der Waals surface area contributed by atoms with Gasteiger partial charge in [0.25, 0.3) is 0 Å². The lowest BCUT2D eigenvalue weighted by Crippen LogP contribution is -2.25. The molecule has 1 unspecified atom stereocenters. The molecule has 82 valence electrons. The SMILES string of the molecule is Cc1cc(Br)ccc1OC1CCCCO1. The van der Waals surface area contributed by atoms with E-state index in [0.717, 1.165) is 35.2 Å². The molecule has 0 saturated carbocycles. The number of ether oxygens (including phenoxy) is 2. The Bertz CT molecular complexity index is 332. The molecule has 2 rings (SSSR count). The molecule has 1 saturated heterocycles. The normalized spacial score (nSPS) is 21.3. The highest BCUT2D eigenvalue weighted by molar-refractivity contribution is 9.10. The van der Waals surface area contributed by atoms with Crippen LogP contribution in [-0.4, -0.2) is 12.9 Å². The monoisotopic (exact) mass is 270 g/mol. The molecule has 1 atom stereocenters. The predicted molar refractivity (Wildman–Crippen MR) is 63.1 cm³/mol. The molecule has 0 bridgehead atoms. The number of hydrogen-bond donors (Lipinski definition) is 0. The van der Waals surface area contributed by atoms with Crippen molar-refractivity contribution in [1.29, 1.82) is 0 Å². The van der Waals surface area contributed by atoms with Crippen molar-refractivity contribution in [3.05, 3.63) is 28.2 Å². The van der Waals surface area contributed by atoms with Gasteiger partial charge in [0.05, 0.1) is 6.61 Å². The highest BCUT2D eigenvalue weighted by Gasteiger charge is 2.15. The minimum Gasteiger partial charge on any atom is -0.465 e. The summed E-state index contributed by atoms with van der Waals surface area (Å²) < 4.78 is 12.4. The van der Waals surface area contributed by atoms with E-state index in [1.165, 1.54) is 6.42 Å². The summed E-state index contributed by atoms with van der Waals surface area (Å²) in [4.78, 5) is 0. The number of benzene rings is 1. The lowest BCUT2D eigenvalue weighted by atomic mass is 10.2. The minimum atomic E-state index is -0.0568. The first-order valence-corrected chi connectivity index (χ1v) is 6.09. The smallest absolute Gasteiger partial charge is 0.199 e. The molecule has 3 heteroatoms. The quantitative estimate of drug-likeness (QED) is 0.817. The Hall–Kier alpha value is -0.540. The zero-order valence-electron chi connectivity index (χ0n) is 8.83. The van der Waals surface area contributed by atoms with Crippen LogP contribution in [0, 0.1) is 6.92 Å². The Morgan fingerprint density at radius 2 is 2.27 bits per heavy atom. The van der Waals surface area contributed by atoms with Gasteiger partial charge in [-0.2, -0.15) is 0 Å². The lowest BCUT2D eigenvalue weighted by molar-refractivity contribution is -0.106. The first-order chi connectivity index (χ1) is 7.25. The van der Waals surface area contributed by atoms with E-state index in [1.807, 2.05) is 19.1 Å². The Morgan fingerprint density at radius 1 is 1.40 bits per heavy atom. The molecule has 0 aliphatic carbocycles. The van der Waals surface area contributed by atoms with Crippen LogP contribution in [0.4, 0.5) is 0 Å². The number of aryl methyl sites for hydroxylation is 1. The molecule has 1 fully saturated rings. The fourth-order valence-corrected chi connectivity index (χ4v) is 2.17. The van der Waals surface area contributed by atoms with Crippen LogP contribution in [0.3, 0.4) is 0 Å². The maximum absolute atomic E-state index is 5.80. The molecule has 1 aromatic rings. The average Bonchev–Trinajstić information content (AvgIpc) is 2.24. The Labute approximate surface area is 98.7 Å². The zero-order valence-corrected chi connectivity index (χ0v) is 10.4. The van der Waals surface area contributed by atoms with Gasteiger partial charge in [-0.3, -0.25) is 0 Å². The molecule has 15 heavy (non-hydrogen) atoms. The average molecular weight is 271 g/mol. The maximum Gasteiger partial charge on any atom is 0.199 e. The third-order valence-electron chi connectivity index (χ3n) is 2.53. The summed E-state index contributed by atoms with van der Waals surface area (Å²) in [5, 5.41) is 0. The van der Waals surface area contributed by atoms with E-state index >= 15 is 0 Å². The van der Waals surface area contributed by atoms with Crippen molar-refractivity contribution in [2.45, 2.75) is 32.5 Å². The van der Waals surface area contributed by atoms with Crippen molar-refractivity contribution in [2.24, 2.45) is 0 Å². The zero-order chi connectivity index (χ0) is 10.7. The highest BCUT2D eigenvalue weighted by Crippen LogP contribution is 2.25. The molecule has 0 N–H and O–H groups in total. The molecule has 0 amide bonds. The molecular formula is C12H15BrO2. The predicted octanol–water partition coefficient (Wildman–Crippen LogP) is 3.66. The van der Waals surface area contributed by atoms with Crippen molar-refractivity contribution in [2.75, 3.05) is 6.61 Å². The molecule has 1 aliphatic heterocycles. The van der Waals surface area contributed by atoms with Gasteiger partial charge >= 0.3 is 0 Å². The number of rotatable bonds is 2. The molecule has 1 heterocycles. The molecule has 0 spiro atoms. The van der Waals surface area contributed by atoms with Gasteiger partial charge in [-0.1, -0.05) is 15.9 Å². The molecule has 0 radical (unpaired) electrons. The van der Waals surface area contributed by atoms with Gasteiger partial charge in [0.15, 0.2) is 6.29 Å². The van der Waals surface area contributed by atoms with Crippen molar-refractivity contribution < 1.29 is 9.47 Å². The number of hydrogen-bond acceptors (Lipinski definition) is 2. The van der Waals surface area contributed by atoms with Gasteiger partial charge in [-0.05, 0) is 43.5 Å². The molecule has 1 aliphatic rings. The van der Waals surface area contributed by atoms with E-state index in [4.69, 9.17) is 9.47 Å². The van der Waals surface area contributed by atoms with Gasteiger partial charge in [0, 0.05) is 10.9 Å². The van der Waals surface area contributed by atoms with E-state index in [2.05, 4.69) is 22.0 Å². The van der Waals surface area contributed by atoms with E-state index in [0.29, 0.717) is 0 Å². The van der Waals surface area contributed by atoms with E-state index in [1.54, 1.807) is 0 Å². The Balaban J connectivity index is 2.03. The summed E-state index contributed by atoms with van der Waals surface area (Å²) in [5.41, 5.74) is 1.14. The van der Waals surface area contributed by atoms with Gasteiger partial charge in [0.2, 0.25) is 0 Å². The fraction of sp³-hybridized carbons (Fsp3) is 0.500. The summed E-state index contributed by atoms with van der Waals surface area (Å²) in [6.07, 6.45) is 3.29. The van der Waals surface area contributed by atoms with E-state index in [-0.39, 0.29) is 6.29 Å². The highest BCUT2D eigenvalue weighted by atomic mass is 79.9. The summed E-state index contributed by atoms with van der Waals surface area (Å²) in [7, 11) is 0. The van der Waals surface area contributed by atoms with Crippen LogP contribution >= 0.6 is 15.9 Å². The standard InChI is InChI=1S/C12H15BrO2/c1-9-8-10(13)5-6-11(9)15-12-4-2-3-7-14-12/h5-6,8,12H,2-4,7H2,1H3. The first kappa shape index (κ1) is 11.0. The van der Waals surface area contributed by atoms with Gasteiger partial charge in [0.1, 0.15) is 5.75 Å². The molecular weight excluding hydrogens is 256 g/mol. The van der Waals surface area contributed by atoms with Crippen molar-refractivity contribution >= 4 is 15.9 Å². The van der Waals surface area contributed by atoms with Gasteiger partial charge in [-0.15, -0.1) is 0 Å². The largest absolute Gasteiger partial charge is 0.465 e. The second-order valence-electron chi connectivity index (χ2n) is 3.82. The third-order valence-corrected chi connectivity index (χ3v) is 3.03. The van der Waals surface area contributed by atoms with Gasteiger partial charge in [-0.25, -0.2) is 0 Å². The molecule has 1 aromatic carbocycles. The van der Waals surface area contributed by atoms with E-state index in [9.17, 15) is 0 Å². The Kier molecular flexibility index (Phi) is 3.65. The first-order valence-electron chi connectivity index (χ1n) is 5.30. The maximum atomic E-state index is 5.80. The molecule has 0 aromatic heterocycles. The van der Waals surface area contributed by atoms with Gasteiger partial charge < -0.3 is 9.47 Å². The van der Waals surface area contributed by atoms with E-state index < -0.39 is 0 Å². The topological polar surface area (TPSA) is 18.5 Å². The van der Waals surface area contributed by atoms with Crippen molar-refractivity contribution in [3.63, 3.8) is 0 Å². The molecule has 2 nitrogen and oxygen atoms in total. The Morgan fingerprint density at radius 3 is 2.93 bits per heavy atom. The van der Waals surface area contributed by atoms with Crippen LogP contribution in [0.15, 0.2) is 22.7 Å². The lowest BCUT2D eigenvalue weighted by Gasteiger charge is -2.24. The van der Waals surface area contributed by atoms with Crippen LogP contribution in [0.25, 0.3) is 0 Å².